The summed E-state index contributed by atoms with van der Waals surface area (Å²) < 4.78 is 0. The molecule has 2 heterocycles. The predicted molar refractivity (Wildman–Crippen MR) is 99.8 cm³/mol. The first-order valence-electron chi connectivity index (χ1n) is 8.57. The Balaban J connectivity index is 0.00000225. The van der Waals surface area contributed by atoms with Crippen LogP contribution in [-0.4, -0.2) is 54.0 Å². The van der Waals surface area contributed by atoms with Crippen LogP contribution < -0.4 is 10.2 Å². The lowest BCUT2D eigenvalue weighted by molar-refractivity contribution is -0.384. The Morgan fingerprint density at radius 3 is 2.56 bits per heavy atom. The zero-order valence-corrected chi connectivity index (χ0v) is 15.4. The van der Waals surface area contributed by atoms with Crippen LogP contribution in [-0.2, 0) is 0 Å². The minimum atomic E-state index is -0.381. The molecule has 1 N–H and O–H groups in total. The summed E-state index contributed by atoms with van der Waals surface area (Å²) >= 11 is 0. The van der Waals surface area contributed by atoms with Crippen molar-refractivity contribution in [1.29, 1.82) is 0 Å². The van der Waals surface area contributed by atoms with Crippen LogP contribution in [0.1, 0.15) is 37.0 Å². The van der Waals surface area contributed by atoms with Gasteiger partial charge < -0.3 is 15.1 Å². The van der Waals surface area contributed by atoms with Crippen LogP contribution in [0.4, 0.5) is 11.4 Å². The average Bonchev–Trinajstić information content (AvgIpc) is 3.10. The number of halogens is 1. The molecule has 3 rings (SSSR count). The van der Waals surface area contributed by atoms with E-state index in [-0.39, 0.29) is 41.0 Å². The van der Waals surface area contributed by atoms with E-state index in [1.807, 2.05) is 18.7 Å². The van der Waals surface area contributed by atoms with Crippen molar-refractivity contribution in [2.24, 2.45) is 0 Å². The molecule has 1 aromatic rings. The second-order valence-electron chi connectivity index (χ2n) is 6.64. The van der Waals surface area contributed by atoms with E-state index in [1.54, 1.807) is 17.0 Å². The third-order valence-corrected chi connectivity index (χ3v) is 5.16. The SMILES string of the molecule is CC1NCCN(C(=O)c2ccc(N3CCCC3)c([N+](=O)[O-])c2)C1C.Cl. The standard InChI is InChI=1S/C17H24N4O3.ClH/c1-12-13(2)20(10-7-18-12)17(22)14-5-6-15(16(11-14)21(23)24)19-8-3-4-9-19;/h5-6,11-13,18H,3-4,7-10H2,1-2H3;1H. The summed E-state index contributed by atoms with van der Waals surface area (Å²) in [5.74, 6) is -0.132. The molecule has 2 aliphatic rings. The number of hydrogen-bond acceptors (Lipinski definition) is 5. The number of hydrogen-bond donors (Lipinski definition) is 1. The Kier molecular flexibility index (Phi) is 6.24. The zero-order chi connectivity index (χ0) is 17.3. The van der Waals surface area contributed by atoms with Crippen LogP contribution in [0.2, 0.25) is 0 Å². The van der Waals surface area contributed by atoms with Crippen LogP contribution in [0.5, 0.6) is 0 Å². The highest BCUT2D eigenvalue weighted by Gasteiger charge is 2.30. The van der Waals surface area contributed by atoms with Gasteiger partial charge in [-0.2, -0.15) is 0 Å². The molecule has 8 heteroatoms. The number of rotatable bonds is 3. The molecule has 2 fully saturated rings. The van der Waals surface area contributed by atoms with Gasteiger partial charge in [0.15, 0.2) is 0 Å². The Labute approximate surface area is 153 Å². The molecule has 2 aliphatic heterocycles. The predicted octanol–water partition coefficient (Wildman–Crippen LogP) is 2.44. The molecule has 25 heavy (non-hydrogen) atoms. The van der Waals surface area contributed by atoms with Crippen LogP contribution in [0.15, 0.2) is 18.2 Å². The molecule has 7 nitrogen and oxygen atoms in total. The van der Waals surface area contributed by atoms with E-state index in [9.17, 15) is 14.9 Å². The zero-order valence-electron chi connectivity index (χ0n) is 14.6. The molecule has 2 atom stereocenters. The normalized spacial score (nSPS) is 23.3. The van der Waals surface area contributed by atoms with Crippen molar-refractivity contribution >= 4 is 29.7 Å². The van der Waals surface area contributed by atoms with E-state index < -0.39 is 0 Å². The van der Waals surface area contributed by atoms with Crippen molar-refractivity contribution in [3.8, 4) is 0 Å². The number of carbonyl (C=O) groups excluding carboxylic acids is 1. The van der Waals surface area contributed by atoms with E-state index in [4.69, 9.17) is 0 Å². The van der Waals surface area contributed by atoms with Gasteiger partial charge in [-0.1, -0.05) is 0 Å². The Morgan fingerprint density at radius 1 is 1.24 bits per heavy atom. The highest BCUT2D eigenvalue weighted by molar-refractivity contribution is 5.96. The molecule has 0 radical (unpaired) electrons. The molecule has 2 unspecified atom stereocenters. The van der Waals surface area contributed by atoms with Gasteiger partial charge in [0.25, 0.3) is 11.6 Å². The van der Waals surface area contributed by atoms with Crippen molar-refractivity contribution in [1.82, 2.24) is 10.2 Å². The van der Waals surface area contributed by atoms with Crippen molar-refractivity contribution in [2.45, 2.75) is 38.8 Å². The molecular weight excluding hydrogens is 344 g/mol. The number of nitrogens with zero attached hydrogens (tertiary/aromatic N) is 3. The van der Waals surface area contributed by atoms with Gasteiger partial charge in [0, 0.05) is 49.9 Å². The third kappa shape index (κ3) is 3.88. The maximum absolute atomic E-state index is 12.8. The molecule has 2 saturated heterocycles. The highest BCUT2D eigenvalue weighted by Crippen LogP contribution is 2.32. The van der Waals surface area contributed by atoms with Gasteiger partial charge in [0.1, 0.15) is 5.69 Å². The molecule has 0 aliphatic carbocycles. The van der Waals surface area contributed by atoms with E-state index in [1.165, 1.54) is 6.07 Å². The summed E-state index contributed by atoms with van der Waals surface area (Å²) in [6.07, 6.45) is 2.10. The van der Waals surface area contributed by atoms with Gasteiger partial charge in [0.2, 0.25) is 0 Å². The maximum atomic E-state index is 12.8. The van der Waals surface area contributed by atoms with Crippen molar-refractivity contribution in [2.75, 3.05) is 31.1 Å². The second-order valence-corrected chi connectivity index (χ2v) is 6.64. The molecule has 1 amide bonds. The monoisotopic (exact) mass is 368 g/mol. The fourth-order valence-electron chi connectivity index (χ4n) is 3.54. The lowest BCUT2D eigenvalue weighted by Gasteiger charge is -2.38. The molecule has 0 saturated carbocycles. The van der Waals surface area contributed by atoms with E-state index >= 15 is 0 Å². The molecule has 138 valence electrons. The number of anilines is 1. The van der Waals surface area contributed by atoms with Crippen molar-refractivity contribution in [3.63, 3.8) is 0 Å². The molecule has 0 spiro atoms. The van der Waals surface area contributed by atoms with Crippen LogP contribution >= 0.6 is 12.4 Å². The van der Waals surface area contributed by atoms with Crippen molar-refractivity contribution < 1.29 is 9.72 Å². The first-order valence-corrected chi connectivity index (χ1v) is 8.57. The van der Waals surface area contributed by atoms with Gasteiger partial charge in [0.05, 0.1) is 4.92 Å². The fourth-order valence-corrected chi connectivity index (χ4v) is 3.54. The fraction of sp³-hybridized carbons (Fsp3) is 0.588. The summed E-state index contributed by atoms with van der Waals surface area (Å²) in [4.78, 5) is 27.8. The lowest BCUT2D eigenvalue weighted by Crippen LogP contribution is -2.57. The smallest absolute Gasteiger partial charge is 0.293 e. The number of nitro benzene ring substituents is 1. The third-order valence-electron chi connectivity index (χ3n) is 5.16. The van der Waals surface area contributed by atoms with Crippen molar-refractivity contribution in [3.05, 3.63) is 33.9 Å². The van der Waals surface area contributed by atoms with Crippen LogP contribution in [0, 0.1) is 10.1 Å². The first kappa shape index (κ1) is 19.5. The quantitative estimate of drug-likeness (QED) is 0.654. The number of nitro groups is 1. The number of amides is 1. The largest absolute Gasteiger partial charge is 0.366 e. The summed E-state index contributed by atoms with van der Waals surface area (Å²) in [5.41, 5.74) is 1.04. The lowest BCUT2D eigenvalue weighted by atomic mass is 10.0. The summed E-state index contributed by atoms with van der Waals surface area (Å²) in [6, 6.07) is 5.16. The van der Waals surface area contributed by atoms with Gasteiger partial charge >= 0.3 is 0 Å². The van der Waals surface area contributed by atoms with Gasteiger partial charge in [-0.3, -0.25) is 14.9 Å². The molecule has 1 aromatic carbocycles. The molecule has 0 bridgehead atoms. The number of piperazine rings is 1. The van der Waals surface area contributed by atoms with Gasteiger partial charge in [-0.15, -0.1) is 12.4 Å². The van der Waals surface area contributed by atoms with Gasteiger partial charge in [-0.25, -0.2) is 0 Å². The second kappa shape index (κ2) is 8.01. The first-order chi connectivity index (χ1) is 11.5. The number of benzene rings is 1. The topological polar surface area (TPSA) is 78.7 Å². The van der Waals surface area contributed by atoms with Gasteiger partial charge in [-0.05, 0) is 38.8 Å². The summed E-state index contributed by atoms with van der Waals surface area (Å²) in [6.45, 7) is 7.07. The van der Waals surface area contributed by atoms with Crippen LogP contribution in [0.3, 0.4) is 0 Å². The minimum Gasteiger partial charge on any atom is -0.366 e. The maximum Gasteiger partial charge on any atom is 0.293 e. The Hall–Kier alpha value is -1.86. The summed E-state index contributed by atoms with van der Waals surface area (Å²) in [5, 5.41) is 14.8. The van der Waals surface area contributed by atoms with Crippen LogP contribution in [0.25, 0.3) is 0 Å². The number of nitrogens with one attached hydrogen (secondary N) is 1. The highest BCUT2D eigenvalue weighted by atomic mass is 35.5. The number of carbonyl (C=O) groups is 1. The minimum absolute atomic E-state index is 0. The molecular formula is C17H25ClN4O3. The Morgan fingerprint density at radius 2 is 1.92 bits per heavy atom. The van der Waals surface area contributed by atoms with E-state index in [0.717, 1.165) is 32.5 Å². The van der Waals surface area contributed by atoms with E-state index in [2.05, 4.69) is 5.32 Å². The Bertz CT molecular complexity index is 649. The summed E-state index contributed by atoms with van der Waals surface area (Å²) in [7, 11) is 0. The molecule has 0 aromatic heterocycles. The van der Waals surface area contributed by atoms with E-state index in [0.29, 0.717) is 17.8 Å². The average molecular weight is 369 g/mol.